The van der Waals surface area contributed by atoms with E-state index in [1.807, 2.05) is 30.3 Å². The first-order chi connectivity index (χ1) is 13.2. The van der Waals surface area contributed by atoms with Crippen molar-refractivity contribution in [3.63, 3.8) is 0 Å². The standard InChI is InChI=1S/C21H18N4O2/c26-20(15-9-10-15)24-17-8-4-7-16(11-17)21(27)25-18-12-22-19(23-13-18)14-5-2-1-3-6-14/h1-8,11-13,15H,9-10H2,(H,24,26)(H,25,27). The van der Waals surface area contributed by atoms with Crippen LogP contribution in [0.2, 0.25) is 0 Å². The molecule has 4 rings (SSSR count). The number of carbonyl (C=O) groups is 2. The van der Waals surface area contributed by atoms with E-state index in [1.54, 1.807) is 36.7 Å². The van der Waals surface area contributed by atoms with Gasteiger partial charge in [-0.3, -0.25) is 9.59 Å². The molecule has 3 aromatic rings. The summed E-state index contributed by atoms with van der Waals surface area (Å²) in [5.74, 6) is 0.437. The Morgan fingerprint density at radius 1 is 0.852 bits per heavy atom. The van der Waals surface area contributed by atoms with Crippen LogP contribution in [0, 0.1) is 5.92 Å². The summed E-state index contributed by atoms with van der Waals surface area (Å²) in [6.07, 6.45) is 5.02. The third-order valence-corrected chi connectivity index (χ3v) is 4.28. The molecule has 134 valence electrons. The summed E-state index contributed by atoms with van der Waals surface area (Å²) in [5.41, 5.74) is 2.49. The predicted octanol–water partition coefficient (Wildman–Crippen LogP) is 3.74. The highest BCUT2D eigenvalue weighted by Gasteiger charge is 2.29. The molecule has 0 radical (unpaired) electrons. The van der Waals surface area contributed by atoms with E-state index in [0.717, 1.165) is 18.4 Å². The number of rotatable bonds is 5. The van der Waals surface area contributed by atoms with Gasteiger partial charge in [-0.2, -0.15) is 0 Å². The van der Waals surface area contributed by atoms with Gasteiger partial charge in [-0.15, -0.1) is 0 Å². The number of nitrogens with zero attached hydrogens (tertiary/aromatic N) is 2. The molecule has 2 amide bonds. The van der Waals surface area contributed by atoms with E-state index in [-0.39, 0.29) is 17.7 Å². The SMILES string of the molecule is O=C(Nc1cnc(-c2ccccc2)nc1)c1cccc(NC(=O)C2CC2)c1. The van der Waals surface area contributed by atoms with Gasteiger partial charge in [0.1, 0.15) is 0 Å². The summed E-state index contributed by atoms with van der Waals surface area (Å²) in [5, 5.41) is 5.62. The normalized spacial score (nSPS) is 13.0. The van der Waals surface area contributed by atoms with Gasteiger partial charge in [0.05, 0.1) is 18.1 Å². The van der Waals surface area contributed by atoms with Gasteiger partial charge in [0.25, 0.3) is 5.91 Å². The Hall–Kier alpha value is -3.54. The molecule has 6 nitrogen and oxygen atoms in total. The Labute approximate surface area is 156 Å². The van der Waals surface area contributed by atoms with Crippen LogP contribution >= 0.6 is 0 Å². The zero-order valence-electron chi connectivity index (χ0n) is 14.6. The minimum absolute atomic E-state index is 0.0115. The lowest BCUT2D eigenvalue weighted by Crippen LogP contribution is -2.15. The quantitative estimate of drug-likeness (QED) is 0.728. The van der Waals surface area contributed by atoms with Gasteiger partial charge in [-0.1, -0.05) is 36.4 Å². The summed E-state index contributed by atoms with van der Waals surface area (Å²) < 4.78 is 0. The van der Waals surface area contributed by atoms with E-state index in [2.05, 4.69) is 20.6 Å². The summed E-state index contributed by atoms with van der Waals surface area (Å²) in [4.78, 5) is 32.9. The Bertz CT molecular complexity index is 967. The van der Waals surface area contributed by atoms with Crippen molar-refractivity contribution in [3.8, 4) is 11.4 Å². The third kappa shape index (κ3) is 4.17. The van der Waals surface area contributed by atoms with E-state index < -0.39 is 0 Å². The van der Waals surface area contributed by atoms with Gasteiger partial charge in [0.15, 0.2) is 5.82 Å². The van der Waals surface area contributed by atoms with Crippen molar-refractivity contribution < 1.29 is 9.59 Å². The lowest BCUT2D eigenvalue weighted by atomic mass is 10.2. The molecule has 27 heavy (non-hydrogen) atoms. The van der Waals surface area contributed by atoms with Crippen molar-refractivity contribution in [2.75, 3.05) is 10.6 Å². The fraction of sp³-hybridized carbons (Fsp3) is 0.143. The van der Waals surface area contributed by atoms with E-state index in [1.165, 1.54) is 0 Å². The van der Waals surface area contributed by atoms with Crippen LogP contribution in [0.1, 0.15) is 23.2 Å². The summed E-state index contributed by atoms with van der Waals surface area (Å²) in [6, 6.07) is 16.5. The molecule has 1 fully saturated rings. The molecule has 0 spiro atoms. The second-order valence-corrected chi connectivity index (χ2v) is 6.46. The lowest BCUT2D eigenvalue weighted by molar-refractivity contribution is -0.117. The maximum Gasteiger partial charge on any atom is 0.255 e. The van der Waals surface area contributed by atoms with Crippen LogP contribution in [-0.4, -0.2) is 21.8 Å². The van der Waals surface area contributed by atoms with Crippen LogP contribution in [0.25, 0.3) is 11.4 Å². The van der Waals surface area contributed by atoms with E-state index in [4.69, 9.17) is 0 Å². The second kappa shape index (κ2) is 7.37. The van der Waals surface area contributed by atoms with Gasteiger partial charge >= 0.3 is 0 Å². The van der Waals surface area contributed by atoms with Crippen LogP contribution < -0.4 is 10.6 Å². The van der Waals surface area contributed by atoms with Gasteiger partial charge < -0.3 is 10.6 Å². The first-order valence-corrected chi connectivity index (χ1v) is 8.79. The number of amides is 2. The molecule has 0 bridgehead atoms. The fourth-order valence-corrected chi connectivity index (χ4v) is 2.66. The number of anilines is 2. The molecule has 1 saturated carbocycles. The first kappa shape index (κ1) is 16.9. The molecule has 0 atom stereocenters. The summed E-state index contributed by atoms with van der Waals surface area (Å²) >= 11 is 0. The Morgan fingerprint density at radius 2 is 1.59 bits per heavy atom. The van der Waals surface area contributed by atoms with Gasteiger partial charge in [0.2, 0.25) is 5.91 Å². The minimum Gasteiger partial charge on any atom is -0.326 e. The highest BCUT2D eigenvalue weighted by molar-refractivity contribution is 6.05. The number of carbonyl (C=O) groups excluding carboxylic acids is 2. The van der Waals surface area contributed by atoms with Crippen LogP contribution in [0.15, 0.2) is 67.0 Å². The monoisotopic (exact) mass is 358 g/mol. The zero-order chi connectivity index (χ0) is 18.6. The van der Waals surface area contributed by atoms with Gasteiger partial charge in [0, 0.05) is 22.7 Å². The first-order valence-electron chi connectivity index (χ1n) is 8.79. The number of aromatic nitrogens is 2. The van der Waals surface area contributed by atoms with E-state index in [0.29, 0.717) is 22.8 Å². The van der Waals surface area contributed by atoms with Crippen molar-refractivity contribution in [1.29, 1.82) is 0 Å². The maximum atomic E-state index is 12.5. The van der Waals surface area contributed by atoms with Crippen LogP contribution in [0.5, 0.6) is 0 Å². The molecular weight excluding hydrogens is 340 g/mol. The Balaban J connectivity index is 1.43. The molecular formula is C21H18N4O2. The molecule has 2 N–H and O–H groups in total. The average Bonchev–Trinajstić information content (AvgIpc) is 3.55. The molecule has 0 unspecified atom stereocenters. The Morgan fingerprint density at radius 3 is 2.30 bits per heavy atom. The number of hydrogen-bond donors (Lipinski definition) is 2. The highest BCUT2D eigenvalue weighted by Crippen LogP contribution is 2.30. The van der Waals surface area contributed by atoms with E-state index >= 15 is 0 Å². The number of benzene rings is 2. The Kier molecular flexibility index (Phi) is 4.61. The van der Waals surface area contributed by atoms with Crippen molar-refractivity contribution in [1.82, 2.24) is 9.97 Å². The molecule has 1 aromatic heterocycles. The average molecular weight is 358 g/mol. The van der Waals surface area contributed by atoms with Crippen LogP contribution in [-0.2, 0) is 4.79 Å². The number of nitrogens with one attached hydrogen (secondary N) is 2. The second-order valence-electron chi connectivity index (χ2n) is 6.46. The predicted molar refractivity (Wildman–Crippen MR) is 103 cm³/mol. The van der Waals surface area contributed by atoms with Crippen LogP contribution in [0.4, 0.5) is 11.4 Å². The largest absolute Gasteiger partial charge is 0.326 e. The summed E-state index contributed by atoms with van der Waals surface area (Å²) in [6.45, 7) is 0. The molecule has 1 heterocycles. The van der Waals surface area contributed by atoms with Crippen molar-refractivity contribution in [2.24, 2.45) is 5.92 Å². The van der Waals surface area contributed by atoms with E-state index in [9.17, 15) is 9.59 Å². The third-order valence-electron chi connectivity index (χ3n) is 4.28. The highest BCUT2D eigenvalue weighted by atomic mass is 16.2. The molecule has 1 aliphatic carbocycles. The van der Waals surface area contributed by atoms with Crippen molar-refractivity contribution in [2.45, 2.75) is 12.8 Å². The van der Waals surface area contributed by atoms with Gasteiger partial charge in [-0.05, 0) is 31.0 Å². The van der Waals surface area contributed by atoms with Crippen molar-refractivity contribution >= 4 is 23.2 Å². The summed E-state index contributed by atoms with van der Waals surface area (Å²) in [7, 11) is 0. The molecule has 6 heteroatoms. The molecule has 0 saturated heterocycles. The molecule has 0 aliphatic heterocycles. The number of hydrogen-bond acceptors (Lipinski definition) is 4. The molecule has 2 aromatic carbocycles. The van der Waals surface area contributed by atoms with Crippen LogP contribution in [0.3, 0.4) is 0 Å². The zero-order valence-corrected chi connectivity index (χ0v) is 14.6. The van der Waals surface area contributed by atoms with Gasteiger partial charge in [-0.25, -0.2) is 9.97 Å². The maximum absolute atomic E-state index is 12.5. The fourth-order valence-electron chi connectivity index (χ4n) is 2.66. The minimum atomic E-state index is -0.284. The molecule has 1 aliphatic rings. The topological polar surface area (TPSA) is 84.0 Å². The lowest BCUT2D eigenvalue weighted by Gasteiger charge is -2.08. The smallest absolute Gasteiger partial charge is 0.255 e. The van der Waals surface area contributed by atoms with Crippen molar-refractivity contribution in [3.05, 3.63) is 72.6 Å².